The molecule has 16 heavy (non-hydrogen) atoms. The van der Waals surface area contributed by atoms with Crippen molar-refractivity contribution < 1.29 is 14.7 Å². The number of hydrogen-bond acceptors (Lipinski definition) is 4. The Kier molecular flexibility index (Phi) is 4.44. The van der Waals surface area contributed by atoms with Crippen molar-refractivity contribution in [2.75, 3.05) is 0 Å². The van der Waals surface area contributed by atoms with E-state index in [-0.39, 0.29) is 11.8 Å². The molecule has 3 atom stereocenters. The molecule has 4 N–H and O–H groups in total. The molecule has 1 heterocycles. The van der Waals surface area contributed by atoms with Crippen LogP contribution in [0.2, 0.25) is 0 Å². The number of Topliss-reactive ketones (excluding diaryl/α,β-unsaturated/α-hetero) is 1. The molecule has 1 rings (SSSR count). The van der Waals surface area contributed by atoms with Gasteiger partial charge in [0.15, 0.2) is 5.78 Å². The summed E-state index contributed by atoms with van der Waals surface area (Å²) in [5.74, 6) is -0.583. The van der Waals surface area contributed by atoms with Crippen LogP contribution in [0.15, 0.2) is 0 Å². The number of nitrogens with one attached hydrogen (secondary N) is 1. The third-order valence-corrected chi connectivity index (χ3v) is 2.88. The monoisotopic (exact) mass is 228 g/mol. The van der Waals surface area contributed by atoms with Crippen molar-refractivity contribution in [2.24, 2.45) is 11.7 Å². The van der Waals surface area contributed by atoms with Crippen molar-refractivity contribution in [3.05, 3.63) is 0 Å². The average Bonchev–Trinajstić information content (AvgIpc) is 2.64. The molecule has 0 saturated carbocycles. The van der Waals surface area contributed by atoms with E-state index in [1.165, 1.54) is 0 Å². The molecule has 5 heteroatoms. The van der Waals surface area contributed by atoms with Gasteiger partial charge in [0.25, 0.3) is 0 Å². The highest BCUT2D eigenvalue weighted by Gasteiger charge is 2.34. The van der Waals surface area contributed by atoms with Crippen LogP contribution in [0.5, 0.6) is 0 Å². The van der Waals surface area contributed by atoms with E-state index in [1.54, 1.807) is 0 Å². The highest BCUT2D eigenvalue weighted by atomic mass is 16.4. The number of carbonyl (C=O) groups excluding carboxylic acids is 1. The predicted octanol–water partition coefficient (Wildman–Crippen LogP) is 0.134. The molecule has 5 nitrogen and oxygen atoms in total. The van der Waals surface area contributed by atoms with Gasteiger partial charge in [-0.3, -0.25) is 14.9 Å². The van der Waals surface area contributed by atoms with E-state index in [1.807, 2.05) is 13.8 Å². The third kappa shape index (κ3) is 3.28. The Balaban J connectivity index is 2.47. The highest BCUT2D eigenvalue weighted by Crippen LogP contribution is 2.16. The Morgan fingerprint density at radius 2 is 1.94 bits per heavy atom. The van der Waals surface area contributed by atoms with Crippen LogP contribution in [0.25, 0.3) is 0 Å². The van der Waals surface area contributed by atoms with Crippen LogP contribution in [0, 0.1) is 5.92 Å². The first-order valence-electron chi connectivity index (χ1n) is 5.70. The molecule has 1 saturated heterocycles. The van der Waals surface area contributed by atoms with Crippen LogP contribution >= 0.6 is 0 Å². The zero-order valence-corrected chi connectivity index (χ0v) is 9.77. The van der Waals surface area contributed by atoms with Gasteiger partial charge in [-0.1, -0.05) is 13.8 Å². The fourth-order valence-corrected chi connectivity index (χ4v) is 2.04. The second-order valence-electron chi connectivity index (χ2n) is 4.83. The van der Waals surface area contributed by atoms with Crippen molar-refractivity contribution in [2.45, 2.75) is 51.2 Å². The van der Waals surface area contributed by atoms with Crippen LogP contribution in [-0.2, 0) is 9.59 Å². The summed E-state index contributed by atoms with van der Waals surface area (Å²) in [5.41, 5.74) is 5.78. The lowest BCUT2D eigenvalue weighted by atomic mass is 9.96. The molecule has 0 aromatic heterocycles. The molecule has 0 bridgehead atoms. The fourth-order valence-electron chi connectivity index (χ4n) is 2.04. The SMILES string of the molecule is CC(C)C[C@H](N)C(=O)C1CC[C@@H](C(=O)O)N1. The van der Waals surface area contributed by atoms with Crippen LogP contribution in [-0.4, -0.2) is 35.0 Å². The number of hydrogen-bond donors (Lipinski definition) is 3. The van der Waals surface area contributed by atoms with Gasteiger partial charge in [-0.05, 0) is 25.2 Å². The highest BCUT2D eigenvalue weighted by molar-refractivity contribution is 5.90. The van der Waals surface area contributed by atoms with Gasteiger partial charge >= 0.3 is 5.97 Å². The molecular formula is C11H20N2O3. The van der Waals surface area contributed by atoms with E-state index in [0.29, 0.717) is 25.2 Å². The molecule has 0 radical (unpaired) electrons. The lowest BCUT2D eigenvalue weighted by molar-refractivity contribution is -0.139. The predicted molar refractivity (Wildman–Crippen MR) is 60.0 cm³/mol. The summed E-state index contributed by atoms with van der Waals surface area (Å²) in [6.07, 6.45) is 1.72. The maximum Gasteiger partial charge on any atom is 0.320 e. The van der Waals surface area contributed by atoms with Gasteiger partial charge < -0.3 is 10.8 Å². The topological polar surface area (TPSA) is 92.4 Å². The number of carboxylic acid groups (broad SMARTS) is 1. The minimum atomic E-state index is -0.896. The molecule has 1 aliphatic rings. The first-order valence-corrected chi connectivity index (χ1v) is 5.70. The van der Waals surface area contributed by atoms with Crippen molar-refractivity contribution in [3.63, 3.8) is 0 Å². The second kappa shape index (κ2) is 5.41. The lowest BCUT2D eigenvalue weighted by Crippen LogP contribution is -2.46. The number of ketones is 1. The third-order valence-electron chi connectivity index (χ3n) is 2.88. The number of nitrogens with two attached hydrogens (primary N) is 1. The molecule has 0 aromatic carbocycles. The number of carboxylic acids is 1. The summed E-state index contributed by atoms with van der Waals surface area (Å²) in [6.45, 7) is 4.02. The van der Waals surface area contributed by atoms with Crippen LogP contribution in [0.1, 0.15) is 33.1 Å². The fraction of sp³-hybridized carbons (Fsp3) is 0.818. The molecule has 92 valence electrons. The Morgan fingerprint density at radius 3 is 2.38 bits per heavy atom. The van der Waals surface area contributed by atoms with E-state index in [4.69, 9.17) is 10.8 Å². The first-order chi connectivity index (χ1) is 7.41. The lowest BCUT2D eigenvalue weighted by Gasteiger charge is -2.17. The Hall–Kier alpha value is -0.940. The summed E-state index contributed by atoms with van der Waals surface area (Å²) >= 11 is 0. The van der Waals surface area contributed by atoms with Gasteiger partial charge in [0.1, 0.15) is 6.04 Å². The molecule has 0 aromatic rings. The largest absolute Gasteiger partial charge is 0.480 e. The summed E-state index contributed by atoms with van der Waals surface area (Å²) in [4.78, 5) is 22.6. The average molecular weight is 228 g/mol. The van der Waals surface area contributed by atoms with Crippen LogP contribution in [0.3, 0.4) is 0 Å². The molecule has 1 aliphatic heterocycles. The van der Waals surface area contributed by atoms with Gasteiger partial charge in [0, 0.05) is 0 Å². The maximum atomic E-state index is 11.9. The van der Waals surface area contributed by atoms with E-state index in [0.717, 1.165) is 0 Å². The van der Waals surface area contributed by atoms with E-state index >= 15 is 0 Å². The van der Waals surface area contributed by atoms with E-state index in [2.05, 4.69) is 5.32 Å². The second-order valence-corrected chi connectivity index (χ2v) is 4.83. The zero-order valence-electron chi connectivity index (χ0n) is 9.77. The number of carbonyl (C=O) groups is 2. The Bertz CT molecular complexity index is 278. The molecular weight excluding hydrogens is 208 g/mol. The molecule has 1 fully saturated rings. The van der Waals surface area contributed by atoms with Crippen molar-refractivity contribution >= 4 is 11.8 Å². The quantitative estimate of drug-likeness (QED) is 0.622. The summed E-state index contributed by atoms with van der Waals surface area (Å²) in [7, 11) is 0. The van der Waals surface area contributed by atoms with Gasteiger partial charge in [-0.15, -0.1) is 0 Å². The van der Waals surface area contributed by atoms with Gasteiger partial charge in [-0.2, -0.15) is 0 Å². The Morgan fingerprint density at radius 1 is 1.38 bits per heavy atom. The van der Waals surface area contributed by atoms with Crippen molar-refractivity contribution in [1.29, 1.82) is 0 Å². The zero-order chi connectivity index (χ0) is 12.3. The van der Waals surface area contributed by atoms with Gasteiger partial charge in [0.2, 0.25) is 0 Å². The minimum Gasteiger partial charge on any atom is -0.480 e. The summed E-state index contributed by atoms with van der Waals surface area (Å²) in [5, 5.41) is 11.6. The first kappa shape index (κ1) is 13.1. The van der Waals surface area contributed by atoms with Crippen molar-refractivity contribution in [1.82, 2.24) is 5.32 Å². The molecule has 1 unspecified atom stereocenters. The standard InChI is InChI=1S/C11H20N2O3/c1-6(2)5-7(12)10(14)8-3-4-9(13-8)11(15)16/h6-9,13H,3-5,12H2,1-2H3,(H,15,16)/t7-,8?,9-/m0/s1. The van der Waals surface area contributed by atoms with Crippen LogP contribution < -0.4 is 11.1 Å². The van der Waals surface area contributed by atoms with Crippen LogP contribution in [0.4, 0.5) is 0 Å². The molecule has 0 spiro atoms. The summed E-state index contributed by atoms with van der Waals surface area (Å²) < 4.78 is 0. The summed E-state index contributed by atoms with van der Waals surface area (Å²) in [6, 6.07) is -1.46. The molecule has 0 aliphatic carbocycles. The maximum absolute atomic E-state index is 11.9. The van der Waals surface area contributed by atoms with E-state index in [9.17, 15) is 9.59 Å². The normalized spacial score (nSPS) is 27.0. The smallest absolute Gasteiger partial charge is 0.320 e. The van der Waals surface area contributed by atoms with Gasteiger partial charge in [0.05, 0.1) is 12.1 Å². The molecule has 0 amide bonds. The number of aliphatic carboxylic acids is 1. The van der Waals surface area contributed by atoms with Gasteiger partial charge in [-0.25, -0.2) is 0 Å². The number of rotatable bonds is 5. The Labute approximate surface area is 95.4 Å². The minimum absolute atomic E-state index is 0.0579. The van der Waals surface area contributed by atoms with Crippen molar-refractivity contribution in [3.8, 4) is 0 Å². The van der Waals surface area contributed by atoms with E-state index < -0.39 is 18.1 Å².